The molecule has 0 aliphatic heterocycles. The summed E-state index contributed by atoms with van der Waals surface area (Å²) in [5.74, 6) is -1.11. The number of carboxylic acids is 1. The molecule has 1 aliphatic rings. The third kappa shape index (κ3) is 2.09. The maximum atomic E-state index is 14.1. The van der Waals surface area contributed by atoms with Crippen LogP contribution in [-0.4, -0.2) is 16.1 Å². The van der Waals surface area contributed by atoms with E-state index in [1.807, 2.05) is 6.92 Å². The molecule has 5 heteroatoms. The van der Waals surface area contributed by atoms with Crippen LogP contribution in [0.5, 0.6) is 0 Å². The van der Waals surface area contributed by atoms with Crippen molar-refractivity contribution in [3.63, 3.8) is 0 Å². The van der Waals surface area contributed by atoms with Gasteiger partial charge >= 0.3 is 5.97 Å². The maximum Gasteiger partial charge on any atom is 0.336 e. The Morgan fingerprint density at radius 3 is 2.81 bits per heavy atom. The molecule has 110 valence electrons. The maximum absolute atomic E-state index is 14.1. The van der Waals surface area contributed by atoms with Crippen molar-refractivity contribution >= 4 is 28.5 Å². The standard InChI is InChI=1S/C16H15ClFNO2/c1-7-3-4-9-12(16(20)21)13-10(17)5-6-11(18)15(13)19-14(9)8(7)2/h5-8H,3-4H2,1-2H3,(H,20,21). The summed E-state index contributed by atoms with van der Waals surface area (Å²) in [6.45, 7) is 4.11. The number of hydrogen-bond acceptors (Lipinski definition) is 2. The zero-order valence-corrected chi connectivity index (χ0v) is 12.5. The van der Waals surface area contributed by atoms with Gasteiger partial charge in [-0.2, -0.15) is 0 Å². The average molecular weight is 308 g/mol. The first-order chi connectivity index (χ1) is 9.91. The van der Waals surface area contributed by atoms with Crippen molar-refractivity contribution in [2.75, 3.05) is 0 Å². The van der Waals surface area contributed by atoms with Gasteiger partial charge in [-0.3, -0.25) is 0 Å². The van der Waals surface area contributed by atoms with Gasteiger partial charge in [-0.15, -0.1) is 0 Å². The Hall–Kier alpha value is -1.68. The van der Waals surface area contributed by atoms with Crippen LogP contribution in [0.1, 0.15) is 47.8 Å². The highest BCUT2D eigenvalue weighted by atomic mass is 35.5. The van der Waals surface area contributed by atoms with Crippen LogP contribution in [0.4, 0.5) is 4.39 Å². The Bertz CT molecular complexity index is 760. The summed E-state index contributed by atoms with van der Waals surface area (Å²) < 4.78 is 14.1. The number of fused-ring (bicyclic) bond motifs is 2. The van der Waals surface area contributed by atoms with Gasteiger partial charge in [0.05, 0.1) is 10.6 Å². The first-order valence-corrected chi connectivity index (χ1v) is 7.33. The molecule has 0 spiro atoms. The third-order valence-electron chi connectivity index (χ3n) is 4.52. The second-order valence-electron chi connectivity index (χ2n) is 5.71. The Morgan fingerprint density at radius 1 is 1.43 bits per heavy atom. The molecule has 3 rings (SSSR count). The van der Waals surface area contributed by atoms with Crippen LogP contribution >= 0.6 is 11.6 Å². The summed E-state index contributed by atoms with van der Waals surface area (Å²) in [6.07, 6.45) is 1.53. The van der Waals surface area contributed by atoms with E-state index in [0.717, 1.165) is 6.42 Å². The zero-order valence-electron chi connectivity index (χ0n) is 11.8. The highest BCUT2D eigenvalue weighted by Crippen LogP contribution is 2.40. The van der Waals surface area contributed by atoms with Gasteiger partial charge in [0.15, 0.2) is 0 Å². The summed E-state index contributed by atoms with van der Waals surface area (Å²) in [4.78, 5) is 16.2. The second kappa shape index (κ2) is 4.95. The third-order valence-corrected chi connectivity index (χ3v) is 4.83. The van der Waals surface area contributed by atoms with Gasteiger partial charge < -0.3 is 5.11 Å². The SMILES string of the molecule is CC1CCc2c(nc3c(F)ccc(Cl)c3c2C(=O)O)C1C. The van der Waals surface area contributed by atoms with Crippen molar-refractivity contribution in [2.24, 2.45) is 5.92 Å². The minimum Gasteiger partial charge on any atom is -0.478 e. The first kappa shape index (κ1) is 14.3. The van der Waals surface area contributed by atoms with Crippen molar-refractivity contribution in [3.05, 3.63) is 39.8 Å². The van der Waals surface area contributed by atoms with E-state index in [4.69, 9.17) is 11.6 Å². The summed E-state index contributed by atoms with van der Waals surface area (Å²) in [6, 6.07) is 2.61. The van der Waals surface area contributed by atoms with Gasteiger partial charge in [0, 0.05) is 17.0 Å². The molecule has 0 radical (unpaired) electrons. The van der Waals surface area contributed by atoms with Crippen molar-refractivity contribution in [1.29, 1.82) is 0 Å². The Labute approximate surface area is 126 Å². The van der Waals surface area contributed by atoms with E-state index in [0.29, 0.717) is 23.6 Å². The molecule has 1 aromatic carbocycles. The normalized spacial score (nSPS) is 21.3. The van der Waals surface area contributed by atoms with E-state index in [1.165, 1.54) is 12.1 Å². The predicted octanol–water partition coefficient (Wildman–Crippen LogP) is 4.41. The van der Waals surface area contributed by atoms with E-state index in [-0.39, 0.29) is 27.4 Å². The topological polar surface area (TPSA) is 50.2 Å². The largest absolute Gasteiger partial charge is 0.478 e. The monoisotopic (exact) mass is 307 g/mol. The summed E-state index contributed by atoms with van der Waals surface area (Å²) >= 11 is 6.12. The molecule has 2 atom stereocenters. The Morgan fingerprint density at radius 2 is 2.14 bits per heavy atom. The van der Waals surface area contributed by atoms with E-state index in [2.05, 4.69) is 11.9 Å². The van der Waals surface area contributed by atoms with Crippen LogP contribution in [0.3, 0.4) is 0 Å². The molecular weight excluding hydrogens is 293 g/mol. The lowest BCUT2D eigenvalue weighted by molar-refractivity contribution is 0.0697. The number of benzene rings is 1. The van der Waals surface area contributed by atoms with E-state index in [9.17, 15) is 14.3 Å². The summed E-state index contributed by atoms with van der Waals surface area (Å²) in [7, 11) is 0. The quantitative estimate of drug-likeness (QED) is 0.849. The second-order valence-corrected chi connectivity index (χ2v) is 6.12. The van der Waals surface area contributed by atoms with E-state index in [1.54, 1.807) is 0 Å². The van der Waals surface area contributed by atoms with Crippen molar-refractivity contribution in [3.8, 4) is 0 Å². The number of aromatic carboxylic acids is 1. The van der Waals surface area contributed by atoms with Crippen LogP contribution in [0.2, 0.25) is 5.02 Å². The number of hydrogen-bond donors (Lipinski definition) is 1. The van der Waals surface area contributed by atoms with Crippen molar-refractivity contribution < 1.29 is 14.3 Å². The van der Waals surface area contributed by atoms with Gasteiger partial charge in [-0.1, -0.05) is 25.4 Å². The fourth-order valence-electron chi connectivity index (χ4n) is 3.11. The van der Waals surface area contributed by atoms with Crippen LogP contribution in [0.25, 0.3) is 10.9 Å². The Balaban J connectivity index is 2.48. The fraction of sp³-hybridized carbons (Fsp3) is 0.375. The number of aromatic nitrogens is 1. The molecule has 1 heterocycles. The lowest BCUT2D eigenvalue weighted by atomic mass is 9.78. The predicted molar refractivity (Wildman–Crippen MR) is 79.6 cm³/mol. The molecule has 0 bridgehead atoms. The van der Waals surface area contributed by atoms with Crippen LogP contribution in [0.15, 0.2) is 12.1 Å². The first-order valence-electron chi connectivity index (χ1n) is 6.95. The smallest absolute Gasteiger partial charge is 0.336 e. The lowest BCUT2D eigenvalue weighted by Gasteiger charge is -2.29. The van der Waals surface area contributed by atoms with Gasteiger partial charge in [0.25, 0.3) is 0 Å². The van der Waals surface area contributed by atoms with Crippen LogP contribution in [-0.2, 0) is 6.42 Å². The molecule has 0 saturated heterocycles. The number of carboxylic acid groups (broad SMARTS) is 1. The fourth-order valence-corrected chi connectivity index (χ4v) is 3.36. The van der Waals surface area contributed by atoms with E-state index >= 15 is 0 Å². The molecule has 1 aliphatic carbocycles. The van der Waals surface area contributed by atoms with Crippen LogP contribution in [0, 0.1) is 11.7 Å². The number of pyridine rings is 1. The average Bonchev–Trinajstić information content (AvgIpc) is 2.45. The molecule has 3 nitrogen and oxygen atoms in total. The Kier molecular flexibility index (Phi) is 3.36. The van der Waals surface area contributed by atoms with Crippen molar-refractivity contribution in [2.45, 2.75) is 32.6 Å². The highest BCUT2D eigenvalue weighted by Gasteiger charge is 2.31. The highest BCUT2D eigenvalue weighted by molar-refractivity contribution is 6.36. The molecule has 1 N–H and O–H groups in total. The molecule has 0 fully saturated rings. The zero-order chi connectivity index (χ0) is 15.3. The summed E-state index contributed by atoms with van der Waals surface area (Å²) in [5.41, 5.74) is 1.56. The molecule has 0 saturated carbocycles. The molecule has 1 aromatic heterocycles. The molecular formula is C16H15ClFNO2. The van der Waals surface area contributed by atoms with Gasteiger partial charge in [0.1, 0.15) is 11.3 Å². The van der Waals surface area contributed by atoms with E-state index < -0.39 is 11.8 Å². The molecule has 2 unspecified atom stereocenters. The molecule has 21 heavy (non-hydrogen) atoms. The number of carbonyl (C=O) groups is 1. The summed E-state index contributed by atoms with van der Waals surface area (Å²) in [5, 5.41) is 10.0. The minimum absolute atomic E-state index is 0.0552. The number of nitrogens with zero attached hydrogens (tertiary/aromatic N) is 1. The van der Waals surface area contributed by atoms with Gasteiger partial charge in [0.2, 0.25) is 0 Å². The number of halogens is 2. The number of rotatable bonds is 1. The lowest BCUT2D eigenvalue weighted by Crippen LogP contribution is -2.21. The van der Waals surface area contributed by atoms with Gasteiger partial charge in [-0.25, -0.2) is 14.2 Å². The van der Waals surface area contributed by atoms with Gasteiger partial charge in [-0.05, 0) is 36.5 Å². The van der Waals surface area contributed by atoms with Crippen molar-refractivity contribution in [1.82, 2.24) is 4.98 Å². The van der Waals surface area contributed by atoms with Crippen LogP contribution < -0.4 is 0 Å². The molecule has 0 amide bonds. The molecule has 2 aromatic rings. The minimum atomic E-state index is -1.08.